The molecule has 10 nitrogen and oxygen atoms in total. The highest BCUT2D eigenvalue weighted by atomic mass is 19.4. The number of alkyl halides is 6. The first-order valence-electron chi connectivity index (χ1n) is 15.7. The summed E-state index contributed by atoms with van der Waals surface area (Å²) in [6.07, 6.45) is -12.2. The van der Waals surface area contributed by atoms with Crippen molar-refractivity contribution in [1.82, 2.24) is 4.90 Å². The first kappa shape index (κ1) is 33.1. The normalized spacial score (nSPS) is 16.8. The van der Waals surface area contributed by atoms with Crippen LogP contribution in [0.25, 0.3) is 0 Å². The van der Waals surface area contributed by atoms with Crippen LogP contribution in [0.4, 0.5) is 43.4 Å². The van der Waals surface area contributed by atoms with Gasteiger partial charge in [0.15, 0.2) is 0 Å². The van der Waals surface area contributed by atoms with Crippen molar-refractivity contribution in [1.29, 1.82) is 0 Å². The van der Waals surface area contributed by atoms with Gasteiger partial charge < -0.3 is 20.0 Å². The Morgan fingerprint density at radius 1 is 0.596 bits per heavy atom. The lowest BCUT2D eigenvalue weighted by Gasteiger charge is -2.46. The Morgan fingerprint density at radius 3 is 1.63 bits per heavy atom. The number of carbonyl (C=O) groups is 4. The molecule has 0 aromatic heterocycles. The molecule has 0 saturated heterocycles. The number of phenolic OH excluding ortho intramolecular Hbond substituents is 2. The average Bonchev–Trinajstić information content (AvgIpc) is 3.44. The van der Waals surface area contributed by atoms with E-state index in [0.29, 0.717) is 70.2 Å². The van der Waals surface area contributed by atoms with Crippen LogP contribution in [0.15, 0.2) is 60.7 Å². The van der Waals surface area contributed by atoms with Gasteiger partial charge in [0.25, 0.3) is 23.6 Å². The number of hydrogen-bond donors (Lipinski definition) is 2. The predicted molar refractivity (Wildman–Crippen MR) is 172 cm³/mol. The maximum atomic E-state index is 15.1. The zero-order chi connectivity index (χ0) is 37.4. The summed E-state index contributed by atoms with van der Waals surface area (Å²) in [5.41, 5.74) is -7.22. The number of imide groups is 2. The Balaban J connectivity index is 1.25. The molecule has 4 aromatic carbocycles. The van der Waals surface area contributed by atoms with E-state index >= 15 is 26.3 Å². The first-order valence-corrected chi connectivity index (χ1v) is 15.7. The van der Waals surface area contributed by atoms with Crippen LogP contribution in [0.5, 0.6) is 11.5 Å². The summed E-state index contributed by atoms with van der Waals surface area (Å²) in [5, 5.41) is 21.4. The topological polar surface area (TPSA) is 122 Å². The molecule has 266 valence electrons. The molecular formula is C36H24F6N4O6. The van der Waals surface area contributed by atoms with Crippen molar-refractivity contribution in [3.8, 4) is 11.5 Å². The Kier molecular flexibility index (Phi) is 6.68. The number of anilines is 3. The lowest BCUT2D eigenvalue weighted by molar-refractivity contribution is -0.288. The number of halogens is 6. The van der Waals surface area contributed by atoms with Crippen LogP contribution < -0.4 is 14.7 Å². The van der Waals surface area contributed by atoms with Gasteiger partial charge in [-0.1, -0.05) is 12.1 Å². The SMILES string of the molecule is Cc1c(O)ccc2c1CN1CN2Cc2c1ccc(O)c2N1C(=O)c2ccc(C(c3ccc4c(c3)C(=O)N(C)C4=O)(C(F)(F)F)C(F)(F)F)cc2C1=O. The van der Waals surface area contributed by atoms with Gasteiger partial charge in [-0.15, -0.1) is 0 Å². The van der Waals surface area contributed by atoms with Crippen LogP contribution >= 0.6 is 0 Å². The van der Waals surface area contributed by atoms with E-state index in [4.69, 9.17) is 0 Å². The van der Waals surface area contributed by atoms with Crippen LogP contribution in [0.3, 0.4) is 0 Å². The molecule has 52 heavy (non-hydrogen) atoms. The predicted octanol–water partition coefficient (Wildman–Crippen LogP) is 6.14. The van der Waals surface area contributed by atoms with Gasteiger partial charge in [-0.2, -0.15) is 26.3 Å². The molecule has 2 bridgehead atoms. The number of aromatic hydroxyl groups is 2. The van der Waals surface area contributed by atoms with E-state index in [1.165, 1.54) is 12.1 Å². The van der Waals surface area contributed by atoms with E-state index in [9.17, 15) is 29.4 Å². The Bertz CT molecular complexity index is 2320. The van der Waals surface area contributed by atoms with Crippen molar-refractivity contribution >= 4 is 40.7 Å². The number of carbonyl (C=O) groups excluding carboxylic acids is 4. The number of amides is 4. The molecule has 16 heteroatoms. The molecule has 4 aromatic rings. The van der Waals surface area contributed by atoms with Crippen molar-refractivity contribution in [3.63, 3.8) is 0 Å². The summed E-state index contributed by atoms with van der Waals surface area (Å²) in [5.74, 6) is -4.77. The number of rotatable bonds is 3. The minimum atomic E-state index is -6.11. The third kappa shape index (κ3) is 4.14. The lowest BCUT2D eigenvalue weighted by Crippen LogP contribution is -2.55. The van der Waals surface area contributed by atoms with Gasteiger partial charge in [-0.3, -0.25) is 24.1 Å². The monoisotopic (exact) mass is 722 g/mol. The largest absolute Gasteiger partial charge is 0.508 e. The van der Waals surface area contributed by atoms with Gasteiger partial charge in [-0.25, -0.2) is 4.90 Å². The van der Waals surface area contributed by atoms with Gasteiger partial charge in [0.05, 0.1) is 28.9 Å². The summed E-state index contributed by atoms with van der Waals surface area (Å²) in [7, 11) is 1.04. The number of nitrogens with zero attached hydrogens (tertiary/aromatic N) is 4. The van der Waals surface area contributed by atoms with Crippen LogP contribution in [0, 0.1) is 6.92 Å². The van der Waals surface area contributed by atoms with Gasteiger partial charge in [-0.05, 0) is 72.1 Å². The highest BCUT2D eigenvalue weighted by Crippen LogP contribution is 2.57. The van der Waals surface area contributed by atoms with Gasteiger partial charge in [0.1, 0.15) is 17.2 Å². The van der Waals surface area contributed by atoms with E-state index in [-0.39, 0.29) is 23.5 Å². The fourth-order valence-electron chi connectivity index (χ4n) is 7.81. The van der Waals surface area contributed by atoms with E-state index < -0.39 is 75.0 Å². The average molecular weight is 723 g/mol. The quantitative estimate of drug-likeness (QED) is 0.191. The van der Waals surface area contributed by atoms with Crippen LogP contribution in [0.2, 0.25) is 0 Å². The van der Waals surface area contributed by atoms with Crippen LogP contribution in [0.1, 0.15) is 69.2 Å². The van der Waals surface area contributed by atoms with E-state index in [1.54, 1.807) is 19.1 Å². The van der Waals surface area contributed by atoms with Crippen molar-refractivity contribution < 1.29 is 55.7 Å². The molecule has 4 heterocycles. The maximum absolute atomic E-state index is 15.1. The molecule has 0 atom stereocenters. The second-order valence-electron chi connectivity index (χ2n) is 13.1. The van der Waals surface area contributed by atoms with E-state index in [1.807, 2.05) is 9.80 Å². The third-order valence-electron chi connectivity index (χ3n) is 10.4. The van der Waals surface area contributed by atoms with Crippen molar-refractivity contribution in [3.05, 3.63) is 111 Å². The van der Waals surface area contributed by atoms with Crippen molar-refractivity contribution in [2.75, 3.05) is 28.4 Å². The molecule has 0 spiro atoms. The summed E-state index contributed by atoms with van der Waals surface area (Å²) >= 11 is 0. The van der Waals surface area contributed by atoms with Gasteiger partial charge in [0, 0.05) is 42.6 Å². The maximum Gasteiger partial charge on any atom is 0.411 e. The van der Waals surface area contributed by atoms with Gasteiger partial charge in [0.2, 0.25) is 5.41 Å². The zero-order valence-electron chi connectivity index (χ0n) is 27.0. The first-order chi connectivity index (χ1) is 24.4. The molecule has 0 saturated carbocycles. The van der Waals surface area contributed by atoms with Crippen molar-refractivity contribution in [2.45, 2.75) is 37.8 Å². The number of hydrogen-bond acceptors (Lipinski definition) is 8. The molecule has 4 aliphatic rings. The highest BCUT2D eigenvalue weighted by Gasteiger charge is 2.73. The second-order valence-corrected chi connectivity index (χ2v) is 13.1. The molecule has 0 fully saturated rings. The van der Waals surface area contributed by atoms with E-state index in [2.05, 4.69) is 0 Å². The van der Waals surface area contributed by atoms with Crippen LogP contribution in [-0.2, 0) is 18.5 Å². The van der Waals surface area contributed by atoms with Crippen molar-refractivity contribution in [2.24, 2.45) is 0 Å². The smallest absolute Gasteiger partial charge is 0.411 e. The molecule has 4 aliphatic heterocycles. The minimum Gasteiger partial charge on any atom is -0.508 e. The fraction of sp³-hybridized carbons (Fsp3) is 0.222. The summed E-state index contributed by atoms with van der Waals surface area (Å²) < 4.78 is 90.7. The van der Waals surface area contributed by atoms with Crippen LogP contribution in [-0.4, -0.2) is 64.8 Å². The summed E-state index contributed by atoms with van der Waals surface area (Å²) in [4.78, 5) is 57.8. The standard InChI is InChI=1S/C36H24F6N4O6/c1-16-23-13-44-15-45(25(23)7-9-27(16)47)14-24-26(44)8-10-28(48)29(24)46-32(51)20-6-4-18(12-22(20)33(46)52)34(35(37,38)39,36(40,41)42)17-3-5-19-21(11-17)31(50)43(2)30(19)49/h3-12,47-48H,13-15H2,1-2H3. The lowest BCUT2D eigenvalue weighted by atomic mass is 9.71. The fourth-order valence-corrected chi connectivity index (χ4v) is 7.81. The Labute approximate surface area is 289 Å². The Hall–Kier alpha value is -6.06. The minimum absolute atomic E-state index is 0.0471. The molecule has 0 unspecified atom stereocenters. The molecule has 0 aliphatic carbocycles. The molecule has 2 N–H and O–H groups in total. The number of phenols is 2. The zero-order valence-corrected chi connectivity index (χ0v) is 27.0. The third-order valence-corrected chi connectivity index (χ3v) is 10.4. The number of benzene rings is 4. The summed E-state index contributed by atoms with van der Waals surface area (Å²) in [6, 6.07) is 9.11. The molecule has 8 rings (SSSR count). The Morgan fingerprint density at radius 2 is 1.06 bits per heavy atom. The molecule has 0 radical (unpaired) electrons. The number of fused-ring (bicyclic) bond motifs is 8. The van der Waals surface area contributed by atoms with E-state index in [0.717, 1.165) is 24.4 Å². The molecule has 4 amide bonds. The molecular weight excluding hydrogens is 698 g/mol. The van der Waals surface area contributed by atoms with Gasteiger partial charge >= 0.3 is 12.4 Å². The summed E-state index contributed by atoms with van der Waals surface area (Å²) in [6.45, 7) is 2.48. The second kappa shape index (κ2) is 10.5. The highest BCUT2D eigenvalue weighted by molar-refractivity contribution is 6.35.